The molecular weight excluding hydrogens is 318 g/mol. The number of nitrogens with zero attached hydrogens (tertiary/aromatic N) is 2. The number of hydrogen-bond acceptors (Lipinski definition) is 5. The normalized spacial score (nSPS) is 15.2. The number of phenols is 1. The first-order chi connectivity index (χ1) is 12.2. The average Bonchev–Trinajstić information content (AvgIpc) is 3.11. The molecule has 0 radical (unpaired) electrons. The summed E-state index contributed by atoms with van der Waals surface area (Å²) in [6, 6.07) is 7.01. The number of carbonyl (C=O) groups is 1. The zero-order chi connectivity index (χ0) is 17.5. The molecule has 0 unspecified atom stereocenters. The highest BCUT2D eigenvalue weighted by Crippen LogP contribution is 2.31. The van der Waals surface area contributed by atoms with E-state index in [2.05, 4.69) is 15.5 Å². The van der Waals surface area contributed by atoms with Gasteiger partial charge < -0.3 is 14.8 Å². The highest BCUT2D eigenvalue weighted by molar-refractivity contribution is 5.75. The average molecular weight is 343 g/mol. The van der Waals surface area contributed by atoms with E-state index in [0.717, 1.165) is 30.7 Å². The highest BCUT2D eigenvalue weighted by Gasteiger charge is 2.21. The summed E-state index contributed by atoms with van der Waals surface area (Å²) in [4.78, 5) is 11.9. The van der Waals surface area contributed by atoms with E-state index in [0.29, 0.717) is 31.2 Å². The number of aromatic hydroxyl groups is 1. The highest BCUT2D eigenvalue weighted by atomic mass is 16.4. The Morgan fingerprint density at radius 2 is 1.88 bits per heavy atom. The smallest absolute Gasteiger partial charge is 0.220 e. The molecule has 1 aliphatic carbocycles. The minimum Gasteiger partial charge on any atom is -0.508 e. The lowest BCUT2D eigenvalue weighted by atomic mass is 9.89. The Morgan fingerprint density at radius 3 is 2.64 bits per heavy atom. The van der Waals surface area contributed by atoms with Gasteiger partial charge in [0.2, 0.25) is 17.7 Å². The molecule has 1 aliphatic rings. The van der Waals surface area contributed by atoms with Gasteiger partial charge in [-0.15, -0.1) is 10.2 Å². The first-order valence-corrected chi connectivity index (χ1v) is 9.07. The summed E-state index contributed by atoms with van der Waals surface area (Å²) in [6.45, 7) is 0.570. The zero-order valence-electron chi connectivity index (χ0n) is 14.4. The second-order valence-electron chi connectivity index (χ2n) is 6.64. The van der Waals surface area contributed by atoms with Crippen LogP contribution in [0.5, 0.6) is 5.75 Å². The predicted molar refractivity (Wildman–Crippen MR) is 93.3 cm³/mol. The van der Waals surface area contributed by atoms with Gasteiger partial charge in [-0.2, -0.15) is 0 Å². The van der Waals surface area contributed by atoms with Crippen LogP contribution in [0, 0.1) is 0 Å². The van der Waals surface area contributed by atoms with E-state index in [1.165, 1.54) is 19.3 Å². The van der Waals surface area contributed by atoms with Gasteiger partial charge in [-0.05, 0) is 37.0 Å². The molecule has 1 amide bonds. The lowest BCUT2D eigenvalue weighted by Crippen LogP contribution is -2.25. The number of rotatable bonds is 7. The monoisotopic (exact) mass is 343 g/mol. The van der Waals surface area contributed by atoms with Crippen LogP contribution >= 0.6 is 0 Å². The molecule has 3 rings (SSSR count). The van der Waals surface area contributed by atoms with Crippen LogP contribution < -0.4 is 5.32 Å². The van der Waals surface area contributed by atoms with Crippen LogP contribution in [0.25, 0.3) is 0 Å². The minimum atomic E-state index is -0.0174. The summed E-state index contributed by atoms with van der Waals surface area (Å²) in [5, 5.41) is 20.4. The van der Waals surface area contributed by atoms with Gasteiger partial charge in [0.25, 0.3) is 0 Å². The minimum absolute atomic E-state index is 0.0174. The van der Waals surface area contributed by atoms with Crippen LogP contribution in [0.4, 0.5) is 0 Å². The van der Waals surface area contributed by atoms with Gasteiger partial charge in [0.05, 0.1) is 0 Å². The van der Waals surface area contributed by atoms with Crippen LogP contribution in [0.15, 0.2) is 28.7 Å². The van der Waals surface area contributed by atoms with Gasteiger partial charge in [0, 0.05) is 25.3 Å². The van der Waals surface area contributed by atoms with Crippen molar-refractivity contribution in [3.05, 3.63) is 41.6 Å². The number of aromatic nitrogens is 2. The van der Waals surface area contributed by atoms with Crippen molar-refractivity contribution >= 4 is 5.91 Å². The molecule has 0 bridgehead atoms. The van der Waals surface area contributed by atoms with Crippen molar-refractivity contribution in [2.24, 2.45) is 0 Å². The van der Waals surface area contributed by atoms with E-state index in [4.69, 9.17) is 4.42 Å². The third-order valence-electron chi connectivity index (χ3n) is 4.68. The fourth-order valence-electron chi connectivity index (χ4n) is 3.20. The number of aryl methyl sites for hydroxylation is 1. The maximum Gasteiger partial charge on any atom is 0.220 e. The van der Waals surface area contributed by atoms with E-state index >= 15 is 0 Å². The van der Waals surface area contributed by atoms with Crippen LogP contribution in [-0.2, 0) is 17.6 Å². The summed E-state index contributed by atoms with van der Waals surface area (Å²) in [5.41, 5.74) is 1.08. The first kappa shape index (κ1) is 17.5. The van der Waals surface area contributed by atoms with Gasteiger partial charge in [-0.3, -0.25) is 4.79 Å². The Morgan fingerprint density at radius 1 is 1.12 bits per heavy atom. The van der Waals surface area contributed by atoms with Crippen molar-refractivity contribution in [2.75, 3.05) is 6.54 Å². The van der Waals surface area contributed by atoms with Crippen molar-refractivity contribution in [2.45, 2.75) is 57.3 Å². The lowest BCUT2D eigenvalue weighted by molar-refractivity contribution is -0.121. The number of hydrogen-bond donors (Lipinski definition) is 2. The predicted octanol–water partition coefficient (Wildman–Crippen LogP) is 3.11. The van der Waals surface area contributed by atoms with Gasteiger partial charge in [-0.1, -0.05) is 31.4 Å². The van der Waals surface area contributed by atoms with Crippen LogP contribution in [-0.4, -0.2) is 27.8 Å². The molecule has 6 nitrogen and oxygen atoms in total. The maximum atomic E-state index is 11.9. The standard InChI is InChI=1S/C19H25N3O3/c23-16-8-6-14(7-9-16)12-13-20-17(24)10-11-18-21-22-19(25-18)15-4-2-1-3-5-15/h6-9,15,23H,1-5,10-13H2,(H,20,24). The lowest BCUT2D eigenvalue weighted by Gasteiger charge is -2.17. The van der Waals surface area contributed by atoms with E-state index in [1.54, 1.807) is 12.1 Å². The van der Waals surface area contributed by atoms with Crippen molar-refractivity contribution in [3.8, 4) is 5.75 Å². The van der Waals surface area contributed by atoms with Crippen molar-refractivity contribution < 1.29 is 14.3 Å². The van der Waals surface area contributed by atoms with E-state index < -0.39 is 0 Å². The Labute approximate surface area is 147 Å². The number of nitrogens with one attached hydrogen (secondary N) is 1. The maximum absolute atomic E-state index is 11.9. The molecule has 1 aromatic carbocycles. The summed E-state index contributed by atoms with van der Waals surface area (Å²) < 4.78 is 5.73. The summed E-state index contributed by atoms with van der Waals surface area (Å²) >= 11 is 0. The number of amides is 1. The molecular formula is C19H25N3O3. The molecule has 25 heavy (non-hydrogen) atoms. The third-order valence-corrected chi connectivity index (χ3v) is 4.68. The molecule has 1 aromatic heterocycles. The molecule has 0 atom stereocenters. The Hall–Kier alpha value is -2.37. The van der Waals surface area contributed by atoms with E-state index in [9.17, 15) is 9.90 Å². The molecule has 0 aliphatic heterocycles. The molecule has 0 spiro atoms. The second-order valence-corrected chi connectivity index (χ2v) is 6.64. The first-order valence-electron chi connectivity index (χ1n) is 9.07. The second kappa shape index (κ2) is 8.65. The topological polar surface area (TPSA) is 88.2 Å². The van der Waals surface area contributed by atoms with E-state index in [-0.39, 0.29) is 11.7 Å². The molecule has 134 valence electrons. The van der Waals surface area contributed by atoms with Crippen LogP contribution in [0.3, 0.4) is 0 Å². The largest absolute Gasteiger partial charge is 0.508 e. The molecule has 2 N–H and O–H groups in total. The molecule has 2 aromatic rings. The SMILES string of the molecule is O=C(CCc1nnc(C2CCCCC2)o1)NCCc1ccc(O)cc1. The Balaban J connectivity index is 1.37. The van der Waals surface area contributed by atoms with Crippen molar-refractivity contribution in [3.63, 3.8) is 0 Å². The van der Waals surface area contributed by atoms with Crippen LogP contribution in [0.2, 0.25) is 0 Å². The Bertz CT molecular complexity index is 675. The van der Waals surface area contributed by atoms with Gasteiger partial charge >= 0.3 is 0 Å². The van der Waals surface area contributed by atoms with Crippen molar-refractivity contribution in [1.29, 1.82) is 0 Å². The molecule has 1 fully saturated rings. The van der Waals surface area contributed by atoms with Gasteiger partial charge in [-0.25, -0.2) is 0 Å². The quantitative estimate of drug-likeness (QED) is 0.806. The zero-order valence-corrected chi connectivity index (χ0v) is 14.4. The summed E-state index contributed by atoms with van der Waals surface area (Å²) in [6.07, 6.45) is 7.56. The number of phenolic OH excluding ortho intramolecular Hbond substituents is 1. The molecule has 1 saturated carbocycles. The molecule has 6 heteroatoms. The fraction of sp³-hybridized carbons (Fsp3) is 0.526. The third kappa shape index (κ3) is 5.31. The molecule has 0 saturated heterocycles. The number of benzene rings is 1. The fourth-order valence-corrected chi connectivity index (χ4v) is 3.20. The van der Waals surface area contributed by atoms with Crippen LogP contribution in [0.1, 0.15) is 61.8 Å². The summed E-state index contributed by atoms with van der Waals surface area (Å²) in [7, 11) is 0. The molecule has 1 heterocycles. The van der Waals surface area contributed by atoms with Gasteiger partial charge in [0.15, 0.2) is 0 Å². The van der Waals surface area contributed by atoms with Crippen molar-refractivity contribution in [1.82, 2.24) is 15.5 Å². The Kier molecular flexibility index (Phi) is 6.04. The van der Waals surface area contributed by atoms with Gasteiger partial charge in [0.1, 0.15) is 5.75 Å². The summed E-state index contributed by atoms with van der Waals surface area (Å²) in [5.74, 6) is 1.92. The number of carbonyl (C=O) groups excluding carboxylic acids is 1. The van der Waals surface area contributed by atoms with E-state index in [1.807, 2.05) is 12.1 Å².